The quantitative estimate of drug-likeness (QED) is 0.478. The molecule has 0 heterocycles. The van der Waals surface area contributed by atoms with Gasteiger partial charge in [-0.1, -0.05) is 32.3 Å². The van der Waals surface area contributed by atoms with E-state index >= 15 is 0 Å². The number of aliphatic hydroxyl groups is 1. The van der Waals surface area contributed by atoms with Crippen molar-refractivity contribution in [2.75, 3.05) is 13.2 Å². The van der Waals surface area contributed by atoms with Crippen molar-refractivity contribution in [3.63, 3.8) is 0 Å². The normalized spacial score (nSPS) is 14.4. The maximum absolute atomic E-state index is 9.48. The third-order valence-electron chi connectivity index (χ3n) is 1.86. The smallest absolute Gasteiger partial charge is 0.144 e. The molecule has 0 aliphatic carbocycles. The molecule has 0 fully saturated rings. The Morgan fingerprint density at radius 1 is 1.47 bits per heavy atom. The molecule has 2 N–H and O–H groups in total. The van der Waals surface area contributed by atoms with Gasteiger partial charge in [0.25, 0.3) is 0 Å². The fraction of sp³-hybridized carbons (Fsp3) is 0.909. The van der Waals surface area contributed by atoms with Crippen molar-refractivity contribution in [3.05, 3.63) is 0 Å². The lowest BCUT2D eigenvalue weighted by molar-refractivity contribution is 0.0391. The van der Waals surface area contributed by atoms with E-state index in [4.69, 9.17) is 4.84 Å². The van der Waals surface area contributed by atoms with Crippen LogP contribution in [-0.2, 0) is 4.84 Å². The molecule has 0 bridgehead atoms. The van der Waals surface area contributed by atoms with E-state index in [0.29, 0.717) is 12.6 Å². The molecule has 4 nitrogen and oxygen atoms in total. The fourth-order valence-electron chi connectivity index (χ4n) is 1.07. The molecule has 0 amide bonds. The van der Waals surface area contributed by atoms with Crippen LogP contribution in [0.3, 0.4) is 0 Å². The molecule has 15 heavy (non-hydrogen) atoms. The highest BCUT2D eigenvalue weighted by Crippen LogP contribution is 1.93. The lowest BCUT2D eigenvalue weighted by Crippen LogP contribution is -2.34. The Hall–Kier alpha value is -0.610. The Balaban J connectivity index is 3.53. The lowest BCUT2D eigenvalue weighted by Gasteiger charge is -2.12. The van der Waals surface area contributed by atoms with Gasteiger partial charge in [-0.15, -0.1) is 0 Å². The molecule has 0 rings (SSSR count). The number of aliphatic hydroxyl groups excluding tert-OH is 1. The third kappa shape index (κ3) is 9.69. The minimum absolute atomic E-state index is 0.251. The summed E-state index contributed by atoms with van der Waals surface area (Å²) < 4.78 is 0. The van der Waals surface area contributed by atoms with Crippen molar-refractivity contribution >= 4 is 5.71 Å². The van der Waals surface area contributed by atoms with Crippen molar-refractivity contribution in [2.24, 2.45) is 5.16 Å². The van der Waals surface area contributed by atoms with Crippen LogP contribution in [0.2, 0.25) is 0 Å². The predicted molar refractivity (Wildman–Crippen MR) is 63.1 cm³/mol. The molecule has 0 aromatic heterocycles. The van der Waals surface area contributed by atoms with Gasteiger partial charge in [-0.25, -0.2) is 0 Å². The number of oxime groups is 1. The van der Waals surface area contributed by atoms with E-state index in [0.717, 1.165) is 18.6 Å². The van der Waals surface area contributed by atoms with E-state index in [1.54, 1.807) is 0 Å². The van der Waals surface area contributed by atoms with Crippen molar-refractivity contribution in [1.29, 1.82) is 0 Å². The van der Waals surface area contributed by atoms with Gasteiger partial charge in [0, 0.05) is 12.6 Å². The number of nitrogens with zero attached hydrogens (tertiary/aromatic N) is 1. The van der Waals surface area contributed by atoms with Crippen molar-refractivity contribution in [3.8, 4) is 0 Å². The van der Waals surface area contributed by atoms with E-state index in [1.165, 1.54) is 0 Å². The monoisotopic (exact) mass is 216 g/mol. The second-order valence-electron chi connectivity index (χ2n) is 4.09. The number of hydrogen-bond acceptors (Lipinski definition) is 4. The molecule has 0 aromatic carbocycles. The van der Waals surface area contributed by atoms with Gasteiger partial charge in [-0.3, -0.25) is 0 Å². The maximum Gasteiger partial charge on any atom is 0.144 e. The summed E-state index contributed by atoms with van der Waals surface area (Å²) in [5, 5.41) is 16.5. The van der Waals surface area contributed by atoms with E-state index in [1.807, 2.05) is 20.8 Å². The summed E-state index contributed by atoms with van der Waals surface area (Å²) in [6, 6.07) is 0.380. The van der Waals surface area contributed by atoms with E-state index in [9.17, 15) is 5.11 Å². The van der Waals surface area contributed by atoms with Crippen LogP contribution in [0, 0.1) is 0 Å². The minimum Gasteiger partial charge on any atom is -0.393 e. The largest absolute Gasteiger partial charge is 0.393 e. The van der Waals surface area contributed by atoms with Crippen LogP contribution in [0.25, 0.3) is 0 Å². The zero-order valence-electron chi connectivity index (χ0n) is 10.3. The van der Waals surface area contributed by atoms with Gasteiger partial charge in [-0.05, 0) is 13.3 Å². The fourth-order valence-corrected chi connectivity index (χ4v) is 1.07. The number of hydrogen-bond donors (Lipinski definition) is 2. The third-order valence-corrected chi connectivity index (χ3v) is 1.86. The molecule has 0 aliphatic rings. The van der Waals surface area contributed by atoms with Gasteiger partial charge in [0.15, 0.2) is 0 Å². The molecule has 4 heteroatoms. The first-order valence-corrected chi connectivity index (χ1v) is 5.63. The van der Waals surface area contributed by atoms with Crippen LogP contribution in [0.4, 0.5) is 0 Å². The van der Waals surface area contributed by atoms with Crippen LogP contribution in [-0.4, -0.2) is 36.1 Å². The molecule has 0 aliphatic heterocycles. The molecular formula is C11H24N2O2. The Bertz CT molecular complexity index is 181. The Morgan fingerprint density at radius 3 is 2.67 bits per heavy atom. The molecule has 0 spiro atoms. The van der Waals surface area contributed by atoms with Crippen molar-refractivity contribution in [2.45, 2.75) is 52.7 Å². The van der Waals surface area contributed by atoms with E-state index in [-0.39, 0.29) is 6.61 Å². The summed E-state index contributed by atoms with van der Waals surface area (Å²) in [7, 11) is 0. The Morgan fingerprint density at radius 2 is 2.13 bits per heavy atom. The van der Waals surface area contributed by atoms with Crippen LogP contribution in [0.1, 0.15) is 40.5 Å². The van der Waals surface area contributed by atoms with Gasteiger partial charge in [0.1, 0.15) is 12.7 Å². The lowest BCUT2D eigenvalue weighted by atomic mass is 10.2. The van der Waals surface area contributed by atoms with E-state index in [2.05, 4.69) is 17.4 Å². The summed E-state index contributed by atoms with van der Waals surface area (Å²) in [4.78, 5) is 5.04. The Labute approximate surface area is 92.7 Å². The molecule has 1 atom stereocenters. The highest BCUT2D eigenvalue weighted by Gasteiger charge is 2.04. The second kappa shape index (κ2) is 8.68. The molecule has 0 saturated carbocycles. The van der Waals surface area contributed by atoms with Gasteiger partial charge in [0.2, 0.25) is 0 Å². The number of rotatable bonds is 8. The molecule has 0 aromatic rings. The van der Waals surface area contributed by atoms with Gasteiger partial charge in [0.05, 0.1) is 5.71 Å². The Kier molecular flexibility index (Phi) is 8.33. The topological polar surface area (TPSA) is 53.9 Å². The predicted octanol–water partition coefficient (Wildman–Crippen LogP) is 1.54. The zero-order chi connectivity index (χ0) is 11.7. The first kappa shape index (κ1) is 14.4. The standard InChI is InChI=1S/C11H24N2O2/c1-5-6-10(4)13-15-8-11(14)7-12-9(2)3/h9,11-12,14H,5-8H2,1-4H3/b13-10-. The zero-order valence-corrected chi connectivity index (χ0v) is 10.3. The molecule has 0 saturated heterocycles. The summed E-state index contributed by atoms with van der Waals surface area (Å²) in [6.45, 7) is 8.90. The summed E-state index contributed by atoms with van der Waals surface area (Å²) >= 11 is 0. The number of nitrogens with one attached hydrogen (secondary N) is 1. The molecular weight excluding hydrogens is 192 g/mol. The van der Waals surface area contributed by atoms with Crippen molar-refractivity contribution in [1.82, 2.24) is 5.32 Å². The summed E-state index contributed by atoms with van der Waals surface area (Å²) in [5.74, 6) is 0. The maximum atomic E-state index is 9.48. The minimum atomic E-state index is -0.495. The SMILES string of the molecule is CCC/C(C)=N\OCC(O)CNC(C)C. The highest BCUT2D eigenvalue weighted by molar-refractivity contribution is 5.81. The first-order valence-electron chi connectivity index (χ1n) is 5.63. The second-order valence-corrected chi connectivity index (χ2v) is 4.09. The summed E-state index contributed by atoms with van der Waals surface area (Å²) in [6.07, 6.45) is 1.52. The van der Waals surface area contributed by atoms with Crippen LogP contribution in [0.5, 0.6) is 0 Å². The van der Waals surface area contributed by atoms with Gasteiger partial charge in [-0.2, -0.15) is 0 Å². The average Bonchev–Trinajstić information content (AvgIpc) is 2.15. The van der Waals surface area contributed by atoms with Crippen LogP contribution >= 0.6 is 0 Å². The van der Waals surface area contributed by atoms with Crippen LogP contribution in [0.15, 0.2) is 5.16 Å². The first-order chi connectivity index (χ1) is 7.06. The highest BCUT2D eigenvalue weighted by atomic mass is 16.6. The van der Waals surface area contributed by atoms with Gasteiger partial charge >= 0.3 is 0 Å². The average molecular weight is 216 g/mol. The molecule has 0 radical (unpaired) electrons. The van der Waals surface area contributed by atoms with Crippen LogP contribution < -0.4 is 5.32 Å². The van der Waals surface area contributed by atoms with Crippen molar-refractivity contribution < 1.29 is 9.94 Å². The summed E-state index contributed by atoms with van der Waals surface area (Å²) in [5.41, 5.74) is 0.974. The molecule has 1 unspecified atom stereocenters. The molecule has 90 valence electrons. The van der Waals surface area contributed by atoms with E-state index < -0.39 is 6.10 Å². The van der Waals surface area contributed by atoms with Gasteiger partial charge < -0.3 is 15.3 Å².